The molecule has 32 heavy (non-hydrogen) atoms. The Balaban J connectivity index is 1.60. The lowest BCUT2D eigenvalue weighted by Gasteiger charge is -2.29. The van der Waals surface area contributed by atoms with Crippen LogP contribution in [-0.2, 0) is 22.3 Å². The number of hydrogen-bond donors (Lipinski definition) is 0. The number of aryl methyl sites for hydroxylation is 2. The fourth-order valence-corrected chi connectivity index (χ4v) is 5.40. The molecule has 0 amide bonds. The summed E-state index contributed by atoms with van der Waals surface area (Å²) in [5.41, 5.74) is 7.04. The van der Waals surface area contributed by atoms with Crippen LogP contribution in [0.2, 0.25) is 0 Å². The zero-order chi connectivity index (χ0) is 22.8. The van der Waals surface area contributed by atoms with E-state index < -0.39 is 0 Å². The van der Waals surface area contributed by atoms with Crippen molar-refractivity contribution in [3.05, 3.63) is 59.2 Å². The molecule has 0 radical (unpaired) electrons. The van der Waals surface area contributed by atoms with Crippen molar-refractivity contribution < 1.29 is 9.47 Å². The molecule has 2 heteroatoms. The van der Waals surface area contributed by atoms with Crippen LogP contribution in [0, 0.1) is 5.92 Å². The second kappa shape index (κ2) is 13.2. The Morgan fingerprint density at radius 3 is 2.22 bits per heavy atom. The summed E-state index contributed by atoms with van der Waals surface area (Å²) in [5.74, 6) is 1.74. The van der Waals surface area contributed by atoms with Gasteiger partial charge < -0.3 is 9.47 Å². The highest BCUT2D eigenvalue weighted by atomic mass is 16.7. The molecule has 1 saturated carbocycles. The quantitative estimate of drug-likeness (QED) is 0.246. The molecular formula is C30H44O2. The van der Waals surface area contributed by atoms with Crippen LogP contribution in [0.25, 0.3) is 11.1 Å². The highest BCUT2D eigenvalue weighted by Crippen LogP contribution is 2.38. The summed E-state index contributed by atoms with van der Waals surface area (Å²) in [6.07, 6.45) is 14.0. The third-order valence-corrected chi connectivity index (χ3v) is 7.50. The molecule has 0 unspecified atom stereocenters. The average Bonchev–Trinajstić information content (AvgIpc) is 2.85. The molecule has 3 rings (SSSR count). The standard InChI is InChI=1S/C30H44O2/c1-5-7-8-9-23-10-14-26(15-11-23)27-16-18-28(19-17-27)29-20-12-24(22-25(29)6-2)13-21-30(31-3)32-4/h12,16-20,22-23,26,30H,5-11,13-15,21H2,1-4H3. The van der Waals surface area contributed by atoms with Gasteiger partial charge in [0, 0.05) is 20.6 Å². The van der Waals surface area contributed by atoms with Crippen molar-refractivity contribution in [1.29, 1.82) is 0 Å². The highest BCUT2D eigenvalue weighted by Gasteiger charge is 2.22. The predicted molar refractivity (Wildman–Crippen MR) is 136 cm³/mol. The first-order chi connectivity index (χ1) is 15.7. The van der Waals surface area contributed by atoms with Gasteiger partial charge in [0.2, 0.25) is 0 Å². The summed E-state index contributed by atoms with van der Waals surface area (Å²) in [4.78, 5) is 0. The topological polar surface area (TPSA) is 18.5 Å². The van der Waals surface area contributed by atoms with Crippen molar-refractivity contribution in [2.24, 2.45) is 5.92 Å². The smallest absolute Gasteiger partial charge is 0.157 e. The molecule has 0 bridgehead atoms. The minimum Gasteiger partial charge on any atom is -0.356 e. The fourth-order valence-electron chi connectivity index (χ4n) is 5.40. The van der Waals surface area contributed by atoms with E-state index in [9.17, 15) is 0 Å². The summed E-state index contributed by atoms with van der Waals surface area (Å²) in [6.45, 7) is 4.56. The van der Waals surface area contributed by atoms with Crippen LogP contribution in [0.5, 0.6) is 0 Å². The number of hydrogen-bond acceptors (Lipinski definition) is 2. The first-order valence-electron chi connectivity index (χ1n) is 13.0. The van der Waals surface area contributed by atoms with Gasteiger partial charge in [0.15, 0.2) is 6.29 Å². The van der Waals surface area contributed by atoms with Gasteiger partial charge in [-0.05, 0) is 78.2 Å². The van der Waals surface area contributed by atoms with Crippen molar-refractivity contribution in [2.45, 2.75) is 96.7 Å². The van der Waals surface area contributed by atoms with Gasteiger partial charge in [-0.2, -0.15) is 0 Å². The van der Waals surface area contributed by atoms with Crippen LogP contribution in [0.3, 0.4) is 0 Å². The van der Waals surface area contributed by atoms with Gasteiger partial charge in [0.05, 0.1) is 0 Å². The van der Waals surface area contributed by atoms with Gasteiger partial charge in [0.25, 0.3) is 0 Å². The number of benzene rings is 2. The molecule has 0 spiro atoms. The summed E-state index contributed by atoms with van der Waals surface area (Å²) in [5, 5.41) is 0. The van der Waals surface area contributed by atoms with Crippen molar-refractivity contribution >= 4 is 0 Å². The van der Waals surface area contributed by atoms with Crippen LogP contribution in [0.1, 0.15) is 94.2 Å². The van der Waals surface area contributed by atoms with Gasteiger partial charge >= 0.3 is 0 Å². The molecule has 2 aromatic carbocycles. The van der Waals surface area contributed by atoms with E-state index >= 15 is 0 Å². The fraction of sp³-hybridized carbons (Fsp3) is 0.600. The Hall–Kier alpha value is -1.64. The van der Waals surface area contributed by atoms with Crippen LogP contribution in [-0.4, -0.2) is 20.5 Å². The van der Waals surface area contributed by atoms with Crippen LogP contribution >= 0.6 is 0 Å². The maximum absolute atomic E-state index is 5.34. The minimum absolute atomic E-state index is 0.126. The molecule has 2 nitrogen and oxygen atoms in total. The molecular weight excluding hydrogens is 392 g/mol. The Morgan fingerprint density at radius 2 is 1.59 bits per heavy atom. The van der Waals surface area contributed by atoms with E-state index in [1.807, 2.05) is 0 Å². The molecule has 0 N–H and O–H groups in total. The van der Waals surface area contributed by atoms with E-state index in [-0.39, 0.29) is 6.29 Å². The molecule has 1 fully saturated rings. The first kappa shape index (κ1) is 25.0. The van der Waals surface area contributed by atoms with E-state index in [0.29, 0.717) is 0 Å². The van der Waals surface area contributed by atoms with Crippen molar-refractivity contribution in [3.8, 4) is 11.1 Å². The Morgan fingerprint density at radius 1 is 0.875 bits per heavy atom. The maximum atomic E-state index is 5.34. The lowest BCUT2D eigenvalue weighted by atomic mass is 9.77. The largest absolute Gasteiger partial charge is 0.356 e. The van der Waals surface area contributed by atoms with Gasteiger partial charge in [-0.25, -0.2) is 0 Å². The van der Waals surface area contributed by atoms with Gasteiger partial charge in [0.1, 0.15) is 0 Å². The van der Waals surface area contributed by atoms with Crippen molar-refractivity contribution in [2.75, 3.05) is 14.2 Å². The monoisotopic (exact) mass is 436 g/mol. The van der Waals surface area contributed by atoms with E-state index in [1.54, 1.807) is 19.8 Å². The van der Waals surface area contributed by atoms with Crippen LogP contribution in [0.4, 0.5) is 0 Å². The molecule has 0 aliphatic heterocycles. The number of methoxy groups -OCH3 is 2. The zero-order valence-electron chi connectivity index (χ0n) is 20.9. The lowest BCUT2D eigenvalue weighted by molar-refractivity contribution is -0.105. The lowest BCUT2D eigenvalue weighted by Crippen LogP contribution is -2.13. The van der Waals surface area contributed by atoms with Crippen molar-refractivity contribution in [3.63, 3.8) is 0 Å². The van der Waals surface area contributed by atoms with Gasteiger partial charge in [-0.1, -0.05) is 82.0 Å². The molecule has 0 saturated heterocycles. The maximum Gasteiger partial charge on any atom is 0.157 e. The molecule has 0 aromatic heterocycles. The van der Waals surface area contributed by atoms with E-state index in [2.05, 4.69) is 56.3 Å². The minimum atomic E-state index is -0.126. The van der Waals surface area contributed by atoms with E-state index in [4.69, 9.17) is 9.47 Å². The normalized spacial score (nSPS) is 18.9. The van der Waals surface area contributed by atoms with Gasteiger partial charge in [-0.15, -0.1) is 0 Å². The zero-order valence-corrected chi connectivity index (χ0v) is 20.9. The third-order valence-electron chi connectivity index (χ3n) is 7.50. The van der Waals surface area contributed by atoms with E-state index in [0.717, 1.165) is 31.1 Å². The Labute approximate surface area is 196 Å². The molecule has 0 heterocycles. The summed E-state index contributed by atoms with van der Waals surface area (Å²) < 4.78 is 10.7. The third kappa shape index (κ3) is 6.93. The van der Waals surface area contributed by atoms with Crippen LogP contribution in [0.15, 0.2) is 42.5 Å². The SMILES string of the molecule is CCCCCC1CCC(c2ccc(-c3ccc(CCC(OC)OC)cc3CC)cc2)CC1. The summed E-state index contributed by atoms with van der Waals surface area (Å²) in [6, 6.07) is 16.4. The second-order valence-electron chi connectivity index (χ2n) is 9.62. The number of unbranched alkanes of at least 4 members (excludes halogenated alkanes) is 2. The van der Waals surface area contributed by atoms with E-state index in [1.165, 1.54) is 73.6 Å². The molecule has 1 aliphatic rings. The second-order valence-corrected chi connectivity index (χ2v) is 9.62. The average molecular weight is 437 g/mol. The van der Waals surface area contributed by atoms with Gasteiger partial charge in [-0.3, -0.25) is 0 Å². The predicted octanol–water partition coefficient (Wildman–Crippen LogP) is 8.32. The molecule has 2 aromatic rings. The summed E-state index contributed by atoms with van der Waals surface area (Å²) >= 11 is 0. The molecule has 0 atom stereocenters. The number of ether oxygens (including phenoxy) is 2. The highest BCUT2D eigenvalue weighted by molar-refractivity contribution is 5.68. The number of rotatable bonds is 12. The van der Waals surface area contributed by atoms with Crippen LogP contribution < -0.4 is 0 Å². The Bertz CT molecular complexity index is 783. The molecule has 176 valence electrons. The van der Waals surface area contributed by atoms with Crippen molar-refractivity contribution in [1.82, 2.24) is 0 Å². The first-order valence-corrected chi connectivity index (χ1v) is 13.0. The molecule has 1 aliphatic carbocycles. The Kier molecular flexibility index (Phi) is 10.3. The summed E-state index contributed by atoms with van der Waals surface area (Å²) in [7, 11) is 3.41.